The van der Waals surface area contributed by atoms with Crippen molar-refractivity contribution in [3.8, 4) is 0 Å². The van der Waals surface area contributed by atoms with E-state index in [1.807, 2.05) is 24.3 Å². The van der Waals surface area contributed by atoms with E-state index in [0.717, 1.165) is 29.0 Å². The fourth-order valence-corrected chi connectivity index (χ4v) is 3.79. The number of aliphatic imine (C=N–C) groups is 1. The van der Waals surface area contributed by atoms with Gasteiger partial charge in [-0.3, -0.25) is 9.79 Å². The van der Waals surface area contributed by atoms with Crippen LogP contribution in [0.2, 0.25) is 0 Å². The first-order valence-corrected chi connectivity index (χ1v) is 9.06. The van der Waals surface area contributed by atoms with Crippen molar-refractivity contribution in [1.82, 2.24) is 0 Å². The molecule has 0 aliphatic carbocycles. The molecule has 3 N–H and O–H groups in total. The van der Waals surface area contributed by atoms with Crippen molar-refractivity contribution in [3.63, 3.8) is 0 Å². The van der Waals surface area contributed by atoms with Gasteiger partial charge in [0.1, 0.15) is 5.82 Å². The summed E-state index contributed by atoms with van der Waals surface area (Å²) in [5, 5.41) is 3.49. The van der Waals surface area contributed by atoms with E-state index in [1.54, 1.807) is 23.9 Å². The average Bonchev–Trinajstić information content (AvgIpc) is 2.57. The molecule has 1 aliphatic rings. The molecule has 1 aliphatic heterocycles. The van der Waals surface area contributed by atoms with E-state index < -0.39 is 0 Å². The summed E-state index contributed by atoms with van der Waals surface area (Å²) in [6.07, 6.45) is 1.09. The Kier molecular flexibility index (Phi) is 5.08. The van der Waals surface area contributed by atoms with Gasteiger partial charge in [-0.15, -0.1) is 0 Å². The van der Waals surface area contributed by atoms with Gasteiger partial charge in [0.2, 0.25) is 5.91 Å². The van der Waals surface area contributed by atoms with Crippen molar-refractivity contribution in [2.45, 2.75) is 25.3 Å². The van der Waals surface area contributed by atoms with Crippen molar-refractivity contribution in [2.24, 2.45) is 10.7 Å². The quantitative estimate of drug-likeness (QED) is 0.877. The lowest BCUT2D eigenvalue weighted by Gasteiger charge is -2.30. The number of nitrogens with one attached hydrogen (secondary N) is 1. The van der Waals surface area contributed by atoms with Crippen LogP contribution in [0.1, 0.15) is 24.5 Å². The number of amidine groups is 1. The van der Waals surface area contributed by atoms with Crippen LogP contribution in [0.5, 0.6) is 0 Å². The second-order valence-corrected chi connectivity index (χ2v) is 7.37. The molecule has 2 aromatic carbocycles. The van der Waals surface area contributed by atoms with Crippen LogP contribution in [0.3, 0.4) is 0 Å². The molecule has 3 rings (SSSR count). The molecule has 1 amide bonds. The first kappa shape index (κ1) is 17.5. The maximum atomic E-state index is 12.9. The maximum Gasteiger partial charge on any atom is 0.228 e. The molecule has 0 aromatic heterocycles. The lowest BCUT2D eigenvalue weighted by Crippen LogP contribution is -2.28. The molecule has 0 saturated carbocycles. The Balaban J connectivity index is 1.72. The first-order valence-electron chi connectivity index (χ1n) is 8.08. The molecule has 2 aromatic rings. The van der Waals surface area contributed by atoms with Gasteiger partial charge in [0, 0.05) is 11.4 Å². The SMILES string of the molecule is CC1(c2cccc(NC(=O)Cc3ccc(F)cc3)c2)CCSC(N)=N1. The van der Waals surface area contributed by atoms with Crippen molar-refractivity contribution < 1.29 is 9.18 Å². The van der Waals surface area contributed by atoms with Crippen LogP contribution in [-0.2, 0) is 16.8 Å². The summed E-state index contributed by atoms with van der Waals surface area (Å²) in [7, 11) is 0. The summed E-state index contributed by atoms with van der Waals surface area (Å²) in [6, 6.07) is 13.6. The molecule has 0 fully saturated rings. The Labute approximate surface area is 150 Å². The Bertz CT molecular complexity index is 807. The highest BCUT2D eigenvalue weighted by Crippen LogP contribution is 2.35. The van der Waals surface area contributed by atoms with Crippen LogP contribution in [0.15, 0.2) is 53.5 Å². The Hall–Kier alpha value is -2.34. The molecule has 130 valence electrons. The van der Waals surface area contributed by atoms with Crippen molar-refractivity contribution in [2.75, 3.05) is 11.1 Å². The topological polar surface area (TPSA) is 67.5 Å². The van der Waals surface area contributed by atoms with Gasteiger partial charge in [-0.1, -0.05) is 36.0 Å². The number of halogens is 1. The fourth-order valence-electron chi connectivity index (χ4n) is 2.82. The molecule has 0 radical (unpaired) electrons. The second kappa shape index (κ2) is 7.27. The van der Waals surface area contributed by atoms with E-state index in [2.05, 4.69) is 17.2 Å². The third-order valence-electron chi connectivity index (χ3n) is 4.24. The number of amides is 1. The van der Waals surface area contributed by atoms with Crippen molar-refractivity contribution >= 4 is 28.5 Å². The number of hydrogen-bond acceptors (Lipinski definition) is 4. The van der Waals surface area contributed by atoms with Crippen LogP contribution in [0, 0.1) is 5.82 Å². The van der Waals surface area contributed by atoms with E-state index >= 15 is 0 Å². The smallest absolute Gasteiger partial charge is 0.228 e. The van der Waals surface area contributed by atoms with Crippen LogP contribution in [0.25, 0.3) is 0 Å². The molecule has 0 saturated heterocycles. The third kappa shape index (κ3) is 4.39. The average molecular weight is 357 g/mol. The molecule has 25 heavy (non-hydrogen) atoms. The summed E-state index contributed by atoms with van der Waals surface area (Å²) in [5.41, 5.74) is 8.02. The van der Waals surface area contributed by atoms with Gasteiger partial charge in [-0.25, -0.2) is 4.39 Å². The summed E-state index contributed by atoms with van der Waals surface area (Å²) in [6.45, 7) is 2.05. The number of anilines is 1. The predicted molar refractivity (Wildman–Crippen MR) is 101 cm³/mol. The predicted octanol–water partition coefficient (Wildman–Crippen LogP) is 3.67. The van der Waals surface area contributed by atoms with E-state index in [4.69, 9.17) is 5.73 Å². The van der Waals surface area contributed by atoms with Crippen molar-refractivity contribution in [3.05, 3.63) is 65.5 Å². The third-order valence-corrected chi connectivity index (χ3v) is 5.04. The lowest BCUT2D eigenvalue weighted by atomic mass is 9.89. The summed E-state index contributed by atoms with van der Waals surface area (Å²) in [5.74, 6) is 0.471. The second-order valence-electron chi connectivity index (χ2n) is 6.25. The maximum absolute atomic E-state index is 12.9. The van der Waals surface area contributed by atoms with E-state index in [-0.39, 0.29) is 23.7 Å². The number of nitrogens with two attached hydrogens (primary N) is 1. The minimum Gasteiger partial charge on any atom is -0.379 e. The van der Waals surface area contributed by atoms with E-state index in [1.165, 1.54) is 12.1 Å². The minimum absolute atomic E-state index is 0.142. The molecule has 1 atom stereocenters. The zero-order valence-electron chi connectivity index (χ0n) is 14.0. The first-order chi connectivity index (χ1) is 11.9. The highest BCUT2D eigenvalue weighted by molar-refractivity contribution is 8.13. The molecule has 0 bridgehead atoms. The van der Waals surface area contributed by atoms with Gasteiger partial charge in [0.15, 0.2) is 5.17 Å². The van der Waals surface area contributed by atoms with Gasteiger partial charge in [0.05, 0.1) is 12.0 Å². The fraction of sp³-hybridized carbons (Fsp3) is 0.263. The van der Waals surface area contributed by atoms with Gasteiger partial charge in [-0.05, 0) is 48.7 Å². The van der Waals surface area contributed by atoms with Gasteiger partial charge in [-0.2, -0.15) is 0 Å². The standard InChI is InChI=1S/C19H20FN3OS/c1-19(9-10-25-18(21)23-19)14-3-2-4-16(12-14)22-17(24)11-13-5-7-15(20)8-6-13/h2-8,12H,9-11H2,1H3,(H2,21,23)(H,22,24). The molecular formula is C19H20FN3OS. The molecular weight excluding hydrogens is 337 g/mol. The Morgan fingerprint density at radius 2 is 2.08 bits per heavy atom. The van der Waals surface area contributed by atoms with Crippen LogP contribution < -0.4 is 11.1 Å². The number of hydrogen-bond donors (Lipinski definition) is 2. The van der Waals surface area contributed by atoms with E-state index in [9.17, 15) is 9.18 Å². The largest absolute Gasteiger partial charge is 0.379 e. The van der Waals surface area contributed by atoms with Crippen molar-refractivity contribution in [1.29, 1.82) is 0 Å². The van der Waals surface area contributed by atoms with Gasteiger partial charge < -0.3 is 11.1 Å². The van der Waals surface area contributed by atoms with Gasteiger partial charge in [0.25, 0.3) is 0 Å². The number of carbonyl (C=O) groups excluding carboxylic acids is 1. The molecule has 4 nitrogen and oxygen atoms in total. The summed E-state index contributed by atoms with van der Waals surface area (Å²) >= 11 is 1.56. The van der Waals surface area contributed by atoms with Crippen LogP contribution in [0.4, 0.5) is 10.1 Å². The summed E-state index contributed by atoms with van der Waals surface area (Å²) in [4.78, 5) is 16.8. The number of rotatable bonds is 4. The normalized spacial score (nSPS) is 20.0. The van der Waals surface area contributed by atoms with Crippen LogP contribution in [-0.4, -0.2) is 16.8 Å². The lowest BCUT2D eigenvalue weighted by molar-refractivity contribution is -0.115. The Morgan fingerprint density at radius 1 is 1.32 bits per heavy atom. The minimum atomic E-state index is -0.368. The molecule has 1 unspecified atom stereocenters. The highest BCUT2D eigenvalue weighted by Gasteiger charge is 2.29. The molecule has 6 heteroatoms. The molecule has 0 spiro atoms. The number of nitrogens with zero attached hydrogens (tertiary/aromatic N) is 1. The van der Waals surface area contributed by atoms with Gasteiger partial charge >= 0.3 is 0 Å². The van der Waals surface area contributed by atoms with E-state index in [0.29, 0.717) is 5.17 Å². The zero-order chi connectivity index (χ0) is 17.9. The zero-order valence-corrected chi connectivity index (χ0v) is 14.8. The monoisotopic (exact) mass is 357 g/mol. The highest BCUT2D eigenvalue weighted by atomic mass is 32.2. The summed E-state index contributed by atoms with van der Waals surface area (Å²) < 4.78 is 12.9. The number of thioether (sulfide) groups is 1. The molecule has 1 heterocycles. The Morgan fingerprint density at radius 3 is 2.80 bits per heavy atom. The number of benzene rings is 2. The number of carbonyl (C=O) groups is 1. The van der Waals surface area contributed by atoms with Crippen LogP contribution >= 0.6 is 11.8 Å².